The first-order valence-corrected chi connectivity index (χ1v) is 9.39. The number of carbonyl (C=O) groups is 1. The minimum atomic E-state index is -3.78. The van der Waals surface area contributed by atoms with Crippen LogP contribution in [0, 0.1) is 11.6 Å². The molecule has 0 unspecified atom stereocenters. The fraction of sp³-hybridized carbons (Fsp3) is 0.188. The molecule has 2 aromatic carbocycles. The molecule has 134 valence electrons. The first-order chi connectivity index (χ1) is 11.7. The van der Waals surface area contributed by atoms with E-state index in [0.717, 1.165) is 22.7 Å². The molecule has 0 radical (unpaired) electrons. The number of benzene rings is 2. The van der Waals surface area contributed by atoms with Crippen molar-refractivity contribution in [2.75, 3.05) is 23.7 Å². The van der Waals surface area contributed by atoms with E-state index in [9.17, 15) is 22.0 Å². The maximum Gasteiger partial charge on any atom is 0.255 e. The summed E-state index contributed by atoms with van der Waals surface area (Å²) in [7, 11) is -3.78. The third-order valence-corrected chi connectivity index (χ3v) is 4.81. The lowest BCUT2D eigenvalue weighted by molar-refractivity contribution is 0.0951. The molecule has 1 N–H and O–H groups in total. The highest BCUT2D eigenvalue weighted by molar-refractivity contribution is 7.92. The molecule has 1 amide bonds. The van der Waals surface area contributed by atoms with Gasteiger partial charge in [-0.05, 0) is 24.3 Å². The SMILES string of the molecule is CS(=O)(=O)N(CCNC(=O)c1c(F)cccc1Cl)c1ccccc1F. The third-order valence-electron chi connectivity index (χ3n) is 3.31. The Hall–Kier alpha value is -2.19. The summed E-state index contributed by atoms with van der Waals surface area (Å²) in [6.45, 7) is -0.386. The van der Waals surface area contributed by atoms with Crippen LogP contribution in [0.5, 0.6) is 0 Å². The van der Waals surface area contributed by atoms with Crippen LogP contribution in [0.1, 0.15) is 10.4 Å². The number of sulfonamides is 1. The van der Waals surface area contributed by atoms with E-state index in [0.29, 0.717) is 0 Å². The lowest BCUT2D eigenvalue weighted by Gasteiger charge is -2.23. The zero-order valence-corrected chi connectivity index (χ0v) is 14.7. The van der Waals surface area contributed by atoms with Crippen molar-refractivity contribution in [1.82, 2.24) is 5.32 Å². The van der Waals surface area contributed by atoms with Crippen LogP contribution in [-0.2, 0) is 10.0 Å². The smallest absolute Gasteiger partial charge is 0.255 e. The van der Waals surface area contributed by atoms with Gasteiger partial charge >= 0.3 is 0 Å². The van der Waals surface area contributed by atoms with Crippen LogP contribution in [0.25, 0.3) is 0 Å². The lowest BCUT2D eigenvalue weighted by Crippen LogP contribution is -2.38. The number of halogens is 3. The molecular formula is C16H15ClF2N2O3S. The zero-order valence-electron chi connectivity index (χ0n) is 13.2. The summed E-state index contributed by atoms with van der Waals surface area (Å²) < 4.78 is 52.2. The van der Waals surface area contributed by atoms with Crippen LogP contribution in [0.4, 0.5) is 14.5 Å². The minimum absolute atomic E-state index is 0.0634. The van der Waals surface area contributed by atoms with Crippen LogP contribution in [0.2, 0.25) is 5.02 Å². The Kier molecular flexibility index (Phi) is 5.97. The van der Waals surface area contributed by atoms with Crippen molar-refractivity contribution in [2.24, 2.45) is 0 Å². The number of anilines is 1. The summed E-state index contributed by atoms with van der Waals surface area (Å²) in [5.41, 5.74) is -0.468. The summed E-state index contributed by atoms with van der Waals surface area (Å²) in [6.07, 6.45) is 0.926. The first kappa shape index (κ1) is 19.1. The van der Waals surface area contributed by atoms with Crippen molar-refractivity contribution < 1.29 is 22.0 Å². The fourth-order valence-corrected chi connectivity index (χ4v) is 3.37. The second-order valence-corrected chi connectivity index (χ2v) is 7.45. The van der Waals surface area contributed by atoms with Crippen molar-refractivity contribution in [3.05, 3.63) is 64.7 Å². The third kappa shape index (κ3) is 4.67. The van der Waals surface area contributed by atoms with Gasteiger partial charge in [0.05, 0.1) is 29.1 Å². The van der Waals surface area contributed by atoms with Gasteiger partial charge in [-0.2, -0.15) is 0 Å². The normalized spacial score (nSPS) is 11.2. The number of carbonyl (C=O) groups excluding carboxylic acids is 1. The number of rotatable bonds is 6. The van der Waals surface area contributed by atoms with Gasteiger partial charge in [0.1, 0.15) is 11.6 Å². The lowest BCUT2D eigenvalue weighted by atomic mass is 10.2. The molecule has 0 saturated heterocycles. The minimum Gasteiger partial charge on any atom is -0.350 e. The van der Waals surface area contributed by atoms with Gasteiger partial charge in [0.2, 0.25) is 10.0 Å². The van der Waals surface area contributed by atoms with Crippen LogP contribution in [0.3, 0.4) is 0 Å². The Labute approximate surface area is 149 Å². The molecule has 0 aromatic heterocycles. The Morgan fingerprint density at radius 1 is 1.12 bits per heavy atom. The van der Waals surface area contributed by atoms with Crippen molar-refractivity contribution in [2.45, 2.75) is 0 Å². The van der Waals surface area contributed by atoms with Gasteiger partial charge in [0.15, 0.2) is 0 Å². The second-order valence-electron chi connectivity index (χ2n) is 5.14. The van der Waals surface area contributed by atoms with E-state index in [1.54, 1.807) is 0 Å². The highest BCUT2D eigenvalue weighted by Gasteiger charge is 2.21. The van der Waals surface area contributed by atoms with Gasteiger partial charge < -0.3 is 5.32 Å². The van der Waals surface area contributed by atoms with E-state index >= 15 is 0 Å². The van der Waals surface area contributed by atoms with Crippen molar-refractivity contribution in [1.29, 1.82) is 0 Å². The molecule has 0 aliphatic rings. The van der Waals surface area contributed by atoms with Crippen LogP contribution < -0.4 is 9.62 Å². The highest BCUT2D eigenvalue weighted by Crippen LogP contribution is 2.21. The summed E-state index contributed by atoms with van der Waals surface area (Å²) in [6, 6.07) is 9.18. The molecule has 0 atom stereocenters. The molecule has 9 heteroatoms. The van der Waals surface area contributed by atoms with Gasteiger partial charge in [0.25, 0.3) is 5.91 Å². The molecular weight excluding hydrogens is 374 g/mol. The van der Waals surface area contributed by atoms with Gasteiger partial charge in [-0.15, -0.1) is 0 Å². The number of hydrogen-bond donors (Lipinski definition) is 1. The Balaban J connectivity index is 2.12. The maximum absolute atomic E-state index is 13.9. The number of nitrogens with zero attached hydrogens (tertiary/aromatic N) is 1. The van der Waals surface area contributed by atoms with Gasteiger partial charge in [-0.3, -0.25) is 9.10 Å². The predicted octanol–water partition coefficient (Wildman–Crippen LogP) is 2.81. The molecule has 25 heavy (non-hydrogen) atoms. The Morgan fingerprint density at radius 2 is 1.76 bits per heavy atom. The largest absolute Gasteiger partial charge is 0.350 e. The molecule has 2 rings (SSSR count). The van der Waals surface area contributed by atoms with Crippen molar-refractivity contribution in [3.8, 4) is 0 Å². The van der Waals surface area contributed by atoms with E-state index in [1.807, 2.05) is 0 Å². The van der Waals surface area contributed by atoms with Crippen LogP contribution >= 0.6 is 11.6 Å². The number of nitrogens with one attached hydrogen (secondary N) is 1. The van der Waals surface area contributed by atoms with E-state index in [2.05, 4.69) is 5.32 Å². The predicted molar refractivity (Wildman–Crippen MR) is 92.3 cm³/mol. The van der Waals surface area contributed by atoms with E-state index in [4.69, 9.17) is 11.6 Å². The molecule has 0 spiro atoms. The summed E-state index contributed by atoms with van der Waals surface area (Å²) in [5.74, 6) is -2.29. The monoisotopic (exact) mass is 388 g/mol. The van der Waals surface area contributed by atoms with Crippen molar-refractivity contribution in [3.63, 3.8) is 0 Å². The highest BCUT2D eigenvalue weighted by atomic mass is 35.5. The second kappa shape index (κ2) is 7.79. The fourth-order valence-electron chi connectivity index (χ4n) is 2.19. The van der Waals surface area contributed by atoms with Gasteiger partial charge in [-0.1, -0.05) is 29.8 Å². The number of para-hydroxylation sites is 1. The van der Waals surface area contributed by atoms with E-state index in [1.165, 1.54) is 30.3 Å². The molecule has 0 aliphatic heterocycles. The number of hydrogen-bond acceptors (Lipinski definition) is 3. The summed E-state index contributed by atoms with van der Waals surface area (Å²) in [4.78, 5) is 12.0. The molecule has 0 heterocycles. The van der Waals surface area contributed by atoms with Crippen LogP contribution in [0.15, 0.2) is 42.5 Å². The molecule has 0 bridgehead atoms. The van der Waals surface area contributed by atoms with Gasteiger partial charge in [-0.25, -0.2) is 17.2 Å². The quantitative estimate of drug-likeness (QED) is 0.827. The molecule has 0 aliphatic carbocycles. The summed E-state index contributed by atoms with van der Waals surface area (Å²) >= 11 is 5.80. The first-order valence-electron chi connectivity index (χ1n) is 7.16. The zero-order chi connectivity index (χ0) is 18.6. The maximum atomic E-state index is 13.9. The molecule has 5 nitrogen and oxygen atoms in total. The molecule has 0 saturated carbocycles. The average Bonchev–Trinajstić information content (AvgIpc) is 2.51. The Bertz CT molecular complexity index is 870. The summed E-state index contributed by atoms with van der Waals surface area (Å²) in [5, 5.41) is 2.32. The standard InChI is InChI=1S/C16H15ClF2N2O3S/c1-25(23,24)21(14-8-3-2-6-12(14)18)10-9-20-16(22)15-11(17)5-4-7-13(15)19/h2-8H,9-10H2,1H3,(H,20,22). The van der Waals surface area contributed by atoms with E-state index < -0.39 is 27.6 Å². The Morgan fingerprint density at radius 3 is 2.36 bits per heavy atom. The molecule has 0 fully saturated rings. The molecule has 2 aromatic rings. The van der Waals surface area contributed by atoms with Crippen molar-refractivity contribution >= 4 is 33.2 Å². The topological polar surface area (TPSA) is 66.5 Å². The van der Waals surface area contributed by atoms with E-state index in [-0.39, 0.29) is 29.4 Å². The van der Waals surface area contributed by atoms with Crippen LogP contribution in [-0.4, -0.2) is 33.7 Å². The average molecular weight is 389 g/mol. The number of amides is 1. The van der Waals surface area contributed by atoms with Gasteiger partial charge in [0, 0.05) is 6.54 Å².